The lowest BCUT2D eigenvalue weighted by molar-refractivity contribution is -0.384. The molecule has 0 bridgehead atoms. The van der Waals surface area contributed by atoms with Crippen molar-refractivity contribution >= 4 is 45.2 Å². The maximum atomic E-state index is 12.4. The fraction of sp³-hybridized carbons (Fsp3) is 0.190. The molecule has 3 aromatic rings. The molecule has 32 heavy (non-hydrogen) atoms. The van der Waals surface area contributed by atoms with Gasteiger partial charge in [-0.05, 0) is 42.8 Å². The second-order valence-electron chi connectivity index (χ2n) is 6.29. The van der Waals surface area contributed by atoms with Crippen molar-refractivity contribution in [2.45, 2.75) is 6.92 Å². The van der Waals surface area contributed by atoms with Gasteiger partial charge >= 0.3 is 5.97 Å². The molecule has 0 radical (unpaired) electrons. The van der Waals surface area contributed by atoms with Gasteiger partial charge in [0.25, 0.3) is 11.6 Å². The van der Waals surface area contributed by atoms with Crippen LogP contribution in [0, 0.1) is 10.1 Å². The third-order valence-electron chi connectivity index (χ3n) is 4.16. The molecule has 10 nitrogen and oxygen atoms in total. The van der Waals surface area contributed by atoms with Gasteiger partial charge in [-0.2, -0.15) is 5.10 Å². The van der Waals surface area contributed by atoms with Crippen LogP contribution in [0.5, 0.6) is 11.5 Å². The average molecular weight is 457 g/mol. The van der Waals surface area contributed by atoms with Gasteiger partial charge in [-0.1, -0.05) is 0 Å². The number of hydrogen-bond donors (Lipinski definition) is 1. The first-order valence-electron chi connectivity index (χ1n) is 9.39. The van der Waals surface area contributed by atoms with Gasteiger partial charge in [-0.15, -0.1) is 11.3 Å². The standard InChI is InChI=1S/C21H19N3O7S/c1-3-30-17-8-13(4-6-16(17)31-12-20(25)29-2)11-22-23-21(26)19-10-14-9-15(24(27)28)5-7-18(14)32-19/h4-11H,3,12H2,1-2H3,(H,23,26)/b22-11-. The van der Waals surface area contributed by atoms with Crippen LogP contribution in [0.1, 0.15) is 22.2 Å². The van der Waals surface area contributed by atoms with Gasteiger partial charge in [0.05, 0.1) is 29.7 Å². The highest BCUT2D eigenvalue weighted by atomic mass is 32.1. The Kier molecular flexibility index (Phi) is 7.34. The van der Waals surface area contributed by atoms with Crippen molar-refractivity contribution in [3.05, 3.63) is 63.0 Å². The van der Waals surface area contributed by atoms with Crippen LogP contribution in [0.2, 0.25) is 0 Å². The third kappa shape index (κ3) is 5.58. The van der Waals surface area contributed by atoms with Gasteiger partial charge in [0.15, 0.2) is 18.1 Å². The monoisotopic (exact) mass is 457 g/mol. The summed E-state index contributed by atoms with van der Waals surface area (Å²) in [6.07, 6.45) is 1.43. The number of hydrogen-bond acceptors (Lipinski definition) is 9. The number of non-ortho nitro benzene ring substituents is 1. The van der Waals surface area contributed by atoms with Crippen LogP contribution in [-0.4, -0.2) is 43.3 Å². The van der Waals surface area contributed by atoms with E-state index in [1.54, 1.807) is 30.3 Å². The first-order chi connectivity index (χ1) is 15.4. The molecule has 2 aromatic carbocycles. The fourth-order valence-electron chi connectivity index (χ4n) is 2.66. The normalized spacial score (nSPS) is 10.8. The lowest BCUT2D eigenvalue weighted by Gasteiger charge is -2.11. The minimum atomic E-state index is -0.517. The Hall–Kier alpha value is -3.99. The molecule has 0 fully saturated rings. The van der Waals surface area contributed by atoms with E-state index in [0.29, 0.717) is 33.9 Å². The summed E-state index contributed by atoms with van der Waals surface area (Å²) in [5, 5.41) is 15.5. The molecule has 166 valence electrons. The topological polar surface area (TPSA) is 129 Å². The zero-order chi connectivity index (χ0) is 23.1. The Bertz CT molecular complexity index is 1190. The van der Waals surface area contributed by atoms with Crippen molar-refractivity contribution in [1.29, 1.82) is 0 Å². The smallest absolute Gasteiger partial charge is 0.343 e. The van der Waals surface area contributed by atoms with Gasteiger partial charge in [0.1, 0.15) is 0 Å². The number of ether oxygens (including phenoxy) is 3. The molecule has 3 rings (SSSR count). The van der Waals surface area contributed by atoms with Gasteiger partial charge in [0.2, 0.25) is 0 Å². The fourth-order valence-corrected chi connectivity index (χ4v) is 3.60. The van der Waals surface area contributed by atoms with E-state index in [2.05, 4.69) is 15.3 Å². The SMILES string of the molecule is CCOc1cc(/C=N\NC(=O)c2cc3cc([N+](=O)[O-])ccc3s2)ccc1OCC(=O)OC. The summed E-state index contributed by atoms with van der Waals surface area (Å²) in [6.45, 7) is 1.94. The number of nitro benzene ring substituents is 1. The number of esters is 1. The van der Waals surface area contributed by atoms with Gasteiger partial charge in [-0.3, -0.25) is 14.9 Å². The second kappa shape index (κ2) is 10.4. The summed E-state index contributed by atoms with van der Waals surface area (Å²) in [4.78, 5) is 34.4. The zero-order valence-electron chi connectivity index (χ0n) is 17.2. The molecule has 0 aliphatic carbocycles. The maximum absolute atomic E-state index is 12.4. The van der Waals surface area contributed by atoms with E-state index in [0.717, 1.165) is 4.70 Å². The number of nitrogens with zero attached hydrogens (tertiary/aromatic N) is 2. The molecule has 1 aromatic heterocycles. The number of carbonyl (C=O) groups is 2. The minimum Gasteiger partial charge on any atom is -0.490 e. The van der Waals surface area contributed by atoms with Crippen LogP contribution < -0.4 is 14.9 Å². The van der Waals surface area contributed by atoms with Crippen LogP contribution >= 0.6 is 11.3 Å². The minimum absolute atomic E-state index is 0.0376. The quantitative estimate of drug-likeness (QED) is 0.225. The molecule has 0 aliphatic rings. The molecule has 1 N–H and O–H groups in total. The highest BCUT2D eigenvalue weighted by molar-refractivity contribution is 7.20. The summed E-state index contributed by atoms with van der Waals surface area (Å²) in [5.41, 5.74) is 3.03. The molecule has 0 unspecified atom stereocenters. The molecule has 1 amide bonds. The van der Waals surface area contributed by atoms with Gasteiger partial charge in [0, 0.05) is 22.2 Å². The van der Waals surface area contributed by atoms with Crippen LogP contribution in [0.25, 0.3) is 10.1 Å². The Morgan fingerprint density at radius 3 is 2.69 bits per heavy atom. The second-order valence-corrected chi connectivity index (χ2v) is 7.38. The largest absolute Gasteiger partial charge is 0.490 e. The first kappa shape index (κ1) is 22.7. The van der Waals surface area contributed by atoms with E-state index in [-0.39, 0.29) is 12.3 Å². The average Bonchev–Trinajstić information content (AvgIpc) is 3.22. The summed E-state index contributed by atoms with van der Waals surface area (Å²) in [5.74, 6) is -0.166. The molecule has 0 spiro atoms. The van der Waals surface area contributed by atoms with Crippen LogP contribution in [-0.2, 0) is 9.53 Å². The molecule has 11 heteroatoms. The number of amides is 1. The van der Waals surface area contributed by atoms with Crippen LogP contribution in [0.4, 0.5) is 5.69 Å². The Balaban J connectivity index is 1.68. The molecule has 1 heterocycles. The maximum Gasteiger partial charge on any atom is 0.343 e. The number of benzene rings is 2. The zero-order valence-corrected chi connectivity index (χ0v) is 18.0. The summed E-state index contributed by atoms with van der Waals surface area (Å²) in [6, 6.07) is 11.0. The van der Waals surface area contributed by atoms with Gasteiger partial charge < -0.3 is 14.2 Å². The number of thiophene rings is 1. The number of hydrazone groups is 1. The molecule has 0 saturated heterocycles. The number of fused-ring (bicyclic) bond motifs is 1. The van der Waals surface area contributed by atoms with Crippen molar-refractivity contribution in [3.63, 3.8) is 0 Å². The van der Waals surface area contributed by atoms with Gasteiger partial charge in [-0.25, -0.2) is 10.2 Å². The molecule has 0 aliphatic heterocycles. The van der Waals surface area contributed by atoms with E-state index in [1.165, 1.54) is 36.8 Å². The summed E-state index contributed by atoms with van der Waals surface area (Å²) < 4.78 is 16.2. The third-order valence-corrected chi connectivity index (χ3v) is 5.27. The lowest BCUT2D eigenvalue weighted by Crippen LogP contribution is -2.16. The summed E-state index contributed by atoms with van der Waals surface area (Å²) >= 11 is 1.21. The van der Waals surface area contributed by atoms with Crippen molar-refractivity contribution in [1.82, 2.24) is 5.43 Å². The number of rotatable bonds is 9. The molecule has 0 saturated carbocycles. The van der Waals surface area contributed by atoms with E-state index in [4.69, 9.17) is 9.47 Å². The Labute approximate surface area is 186 Å². The predicted octanol–water partition coefficient (Wildman–Crippen LogP) is 3.52. The first-order valence-corrected chi connectivity index (χ1v) is 10.2. The number of carbonyl (C=O) groups excluding carboxylic acids is 2. The number of nitro groups is 1. The molecule has 0 atom stereocenters. The summed E-state index contributed by atoms with van der Waals surface area (Å²) in [7, 11) is 1.27. The molecular formula is C21H19N3O7S. The lowest BCUT2D eigenvalue weighted by atomic mass is 10.2. The van der Waals surface area contributed by atoms with E-state index < -0.39 is 16.8 Å². The predicted molar refractivity (Wildman–Crippen MR) is 119 cm³/mol. The van der Waals surface area contributed by atoms with Crippen molar-refractivity contribution in [2.24, 2.45) is 5.10 Å². The Morgan fingerprint density at radius 1 is 1.16 bits per heavy atom. The Morgan fingerprint density at radius 2 is 1.97 bits per heavy atom. The number of methoxy groups -OCH3 is 1. The highest BCUT2D eigenvalue weighted by Crippen LogP contribution is 2.29. The molecular weight excluding hydrogens is 438 g/mol. The van der Waals surface area contributed by atoms with E-state index >= 15 is 0 Å². The van der Waals surface area contributed by atoms with Crippen molar-refractivity contribution in [2.75, 3.05) is 20.3 Å². The van der Waals surface area contributed by atoms with E-state index in [9.17, 15) is 19.7 Å². The van der Waals surface area contributed by atoms with E-state index in [1.807, 2.05) is 6.92 Å². The van der Waals surface area contributed by atoms with Crippen LogP contribution in [0.3, 0.4) is 0 Å². The van der Waals surface area contributed by atoms with Crippen molar-refractivity contribution in [3.8, 4) is 11.5 Å². The highest BCUT2D eigenvalue weighted by Gasteiger charge is 2.13. The number of nitrogens with one attached hydrogen (secondary N) is 1. The van der Waals surface area contributed by atoms with Crippen molar-refractivity contribution < 1.29 is 28.7 Å². The van der Waals surface area contributed by atoms with Crippen LogP contribution in [0.15, 0.2) is 47.6 Å².